The summed E-state index contributed by atoms with van der Waals surface area (Å²) in [5.41, 5.74) is 9.58. The zero-order valence-corrected chi connectivity index (χ0v) is 10.8. The van der Waals surface area contributed by atoms with Crippen LogP contribution in [-0.4, -0.2) is 26.5 Å². The second-order valence-corrected chi connectivity index (χ2v) is 5.34. The van der Waals surface area contributed by atoms with Gasteiger partial charge in [0.1, 0.15) is 10.7 Å². The van der Waals surface area contributed by atoms with Crippen molar-refractivity contribution in [1.29, 1.82) is 0 Å². The summed E-state index contributed by atoms with van der Waals surface area (Å²) in [4.78, 5) is 7.67. The van der Waals surface area contributed by atoms with E-state index in [1.165, 1.54) is 16.4 Å². The molecule has 0 atom stereocenters. The van der Waals surface area contributed by atoms with Crippen LogP contribution in [0.25, 0.3) is 0 Å². The second-order valence-electron chi connectivity index (χ2n) is 3.62. The Balaban J connectivity index is 1.97. The number of hydrogen-bond acceptors (Lipinski definition) is 7. The van der Waals surface area contributed by atoms with Gasteiger partial charge in [0.05, 0.1) is 11.2 Å². The molecule has 2 heterocycles. The maximum Gasteiger partial charge on any atom is 0.132 e. The fourth-order valence-corrected chi connectivity index (χ4v) is 2.65. The smallest absolute Gasteiger partial charge is 0.132 e. The van der Waals surface area contributed by atoms with Gasteiger partial charge < -0.3 is 5.73 Å². The lowest BCUT2D eigenvalue weighted by Gasteiger charge is -2.14. The zero-order valence-electron chi connectivity index (χ0n) is 9.17. The highest BCUT2D eigenvalue weighted by atomic mass is 32.1. The minimum Gasteiger partial charge on any atom is -0.388 e. The van der Waals surface area contributed by atoms with Gasteiger partial charge in [-0.05, 0) is 14.0 Å². The number of aryl methyl sites for hydroxylation is 1. The molecule has 0 radical (unpaired) electrons. The van der Waals surface area contributed by atoms with E-state index in [-0.39, 0.29) is 0 Å². The fourth-order valence-electron chi connectivity index (χ4n) is 1.36. The number of rotatable bonds is 4. The Morgan fingerprint density at radius 3 is 2.81 bits per heavy atom. The van der Waals surface area contributed by atoms with Gasteiger partial charge in [-0.25, -0.2) is 4.98 Å². The van der Waals surface area contributed by atoms with E-state index < -0.39 is 0 Å². The molecule has 86 valence electrons. The van der Waals surface area contributed by atoms with Crippen molar-refractivity contribution >= 4 is 27.9 Å². The Morgan fingerprint density at radius 1 is 1.44 bits per heavy atom. The average molecular weight is 255 g/mol. The molecule has 0 saturated heterocycles. The molecule has 2 aromatic heterocycles. The van der Waals surface area contributed by atoms with E-state index >= 15 is 0 Å². The van der Waals surface area contributed by atoms with Gasteiger partial charge in [-0.2, -0.15) is 0 Å². The Hall–Kier alpha value is -1.05. The quantitative estimate of drug-likeness (QED) is 0.897. The predicted octanol–water partition coefficient (Wildman–Crippen LogP) is 1.52. The van der Waals surface area contributed by atoms with Crippen molar-refractivity contribution in [3.05, 3.63) is 21.8 Å². The Kier molecular flexibility index (Phi) is 3.47. The molecule has 7 heteroatoms. The van der Waals surface area contributed by atoms with Gasteiger partial charge in [0.2, 0.25) is 0 Å². The number of hydrogen-bond donors (Lipinski definition) is 1. The summed E-state index contributed by atoms with van der Waals surface area (Å²) >= 11 is 2.91. The zero-order chi connectivity index (χ0) is 11.5. The SMILES string of the molecule is Cc1ncsc1CN(C)Cc1nnsc1N. The first-order chi connectivity index (χ1) is 7.66. The van der Waals surface area contributed by atoms with Crippen LogP contribution in [-0.2, 0) is 13.1 Å². The summed E-state index contributed by atoms with van der Waals surface area (Å²) < 4.78 is 3.82. The van der Waals surface area contributed by atoms with Gasteiger partial charge in [0.15, 0.2) is 0 Å². The van der Waals surface area contributed by atoms with E-state index in [0.29, 0.717) is 5.00 Å². The molecule has 0 bridgehead atoms. The predicted molar refractivity (Wildman–Crippen MR) is 66.3 cm³/mol. The highest BCUT2D eigenvalue weighted by molar-refractivity contribution is 7.10. The number of nitrogen functional groups attached to an aromatic ring is 1. The fraction of sp³-hybridized carbons (Fsp3) is 0.444. The molecule has 0 aliphatic rings. The lowest BCUT2D eigenvalue weighted by Crippen LogP contribution is -2.18. The van der Waals surface area contributed by atoms with Gasteiger partial charge in [-0.3, -0.25) is 4.90 Å². The highest BCUT2D eigenvalue weighted by Crippen LogP contribution is 2.18. The Bertz CT molecular complexity index is 422. The summed E-state index contributed by atoms with van der Waals surface area (Å²) in [5.74, 6) is 0. The first kappa shape index (κ1) is 11.4. The first-order valence-corrected chi connectivity index (χ1v) is 6.46. The number of nitrogens with zero attached hydrogens (tertiary/aromatic N) is 4. The standard InChI is InChI=1S/C9H13N5S2/c1-6-8(15-5-11-6)4-14(2)3-7-9(10)16-13-12-7/h5H,3-4,10H2,1-2H3. The third-order valence-corrected chi connectivity index (χ3v) is 3.78. The summed E-state index contributed by atoms with van der Waals surface area (Å²) in [5, 5.41) is 4.70. The average Bonchev–Trinajstić information content (AvgIpc) is 2.79. The largest absolute Gasteiger partial charge is 0.388 e. The van der Waals surface area contributed by atoms with E-state index in [1.807, 2.05) is 19.5 Å². The lowest BCUT2D eigenvalue weighted by molar-refractivity contribution is 0.317. The molecule has 0 unspecified atom stereocenters. The molecule has 0 aliphatic carbocycles. The third-order valence-electron chi connectivity index (χ3n) is 2.26. The van der Waals surface area contributed by atoms with Crippen molar-refractivity contribution in [2.75, 3.05) is 12.8 Å². The summed E-state index contributed by atoms with van der Waals surface area (Å²) in [6, 6.07) is 0. The van der Waals surface area contributed by atoms with E-state index in [9.17, 15) is 0 Å². The van der Waals surface area contributed by atoms with Crippen LogP contribution in [0, 0.1) is 6.92 Å². The Morgan fingerprint density at radius 2 is 2.25 bits per heavy atom. The molecule has 2 rings (SSSR count). The summed E-state index contributed by atoms with van der Waals surface area (Å²) in [6.45, 7) is 3.62. The summed E-state index contributed by atoms with van der Waals surface area (Å²) in [7, 11) is 2.04. The van der Waals surface area contributed by atoms with Gasteiger partial charge in [0.25, 0.3) is 0 Å². The van der Waals surface area contributed by atoms with Crippen LogP contribution >= 0.6 is 22.9 Å². The molecule has 2 aromatic rings. The maximum atomic E-state index is 5.75. The Labute approximate surface area is 102 Å². The van der Waals surface area contributed by atoms with Crippen molar-refractivity contribution in [2.45, 2.75) is 20.0 Å². The van der Waals surface area contributed by atoms with Crippen molar-refractivity contribution in [3.8, 4) is 0 Å². The molecule has 0 fully saturated rings. The van der Waals surface area contributed by atoms with Crippen LogP contribution in [0.1, 0.15) is 16.3 Å². The lowest BCUT2D eigenvalue weighted by atomic mass is 10.3. The van der Waals surface area contributed by atoms with Crippen LogP contribution in [0.2, 0.25) is 0 Å². The number of nitrogens with two attached hydrogens (primary N) is 1. The minimum absolute atomic E-state index is 0.702. The second kappa shape index (κ2) is 4.86. The third kappa shape index (κ3) is 2.55. The molecule has 5 nitrogen and oxygen atoms in total. The van der Waals surface area contributed by atoms with Crippen LogP contribution in [0.15, 0.2) is 5.51 Å². The van der Waals surface area contributed by atoms with Crippen molar-refractivity contribution in [3.63, 3.8) is 0 Å². The minimum atomic E-state index is 0.702. The van der Waals surface area contributed by atoms with Gasteiger partial charge in [-0.15, -0.1) is 16.4 Å². The molecule has 2 N–H and O–H groups in total. The van der Waals surface area contributed by atoms with Crippen LogP contribution < -0.4 is 5.73 Å². The monoisotopic (exact) mass is 255 g/mol. The molecule has 16 heavy (non-hydrogen) atoms. The van der Waals surface area contributed by atoms with Gasteiger partial charge in [0, 0.05) is 29.5 Å². The van der Waals surface area contributed by atoms with Crippen molar-refractivity contribution in [2.24, 2.45) is 0 Å². The number of thiazole rings is 1. The molecule has 0 aliphatic heterocycles. The van der Waals surface area contributed by atoms with Gasteiger partial charge >= 0.3 is 0 Å². The van der Waals surface area contributed by atoms with Crippen molar-refractivity contribution in [1.82, 2.24) is 19.5 Å². The first-order valence-electron chi connectivity index (χ1n) is 4.81. The normalized spacial score (nSPS) is 11.2. The highest BCUT2D eigenvalue weighted by Gasteiger charge is 2.10. The maximum absolute atomic E-state index is 5.75. The molecule has 0 saturated carbocycles. The number of aromatic nitrogens is 3. The van der Waals surface area contributed by atoms with Crippen molar-refractivity contribution < 1.29 is 0 Å². The molecular formula is C9H13N5S2. The molecular weight excluding hydrogens is 242 g/mol. The van der Waals surface area contributed by atoms with Crippen LogP contribution in [0.3, 0.4) is 0 Å². The molecule has 0 spiro atoms. The van der Waals surface area contributed by atoms with Crippen LogP contribution in [0.4, 0.5) is 5.00 Å². The van der Waals surface area contributed by atoms with E-state index in [0.717, 1.165) is 24.5 Å². The van der Waals surface area contributed by atoms with E-state index in [4.69, 9.17) is 5.73 Å². The molecule has 0 aromatic carbocycles. The summed E-state index contributed by atoms with van der Waals surface area (Å²) in [6.07, 6.45) is 0. The topological polar surface area (TPSA) is 67.9 Å². The number of anilines is 1. The van der Waals surface area contributed by atoms with E-state index in [1.54, 1.807) is 11.3 Å². The molecule has 0 amide bonds. The van der Waals surface area contributed by atoms with Gasteiger partial charge in [-0.1, -0.05) is 4.49 Å². The van der Waals surface area contributed by atoms with Crippen LogP contribution in [0.5, 0.6) is 0 Å². The van der Waals surface area contributed by atoms with E-state index in [2.05, 4.69) is 19.5 Å².